The van der Waals surface area contributed by atoms with Crippen molar-refractivity contribution in [2.24, 2.45) is 0 Å². The van der Waals surface area contributed by atoms with Gasteiger partial charge in [-0.1, -0.05) is 27.7 Å². The molecule has 0 aromatic heterocycles. The van der Waals surface area contributed by atoms with Crippen LogP contribution in [-0.4, -0.2) is 88.8 Å². The van der Waals surface area contributed by atoms with Gasteiger partial charge in [-0.2, -0.15) is 0 Å². The van der Waals surface area contributed by atoms with Gasteiger partial charge in [0.1, 0.15) is 5.60 Å². The van der Waals surface area contributed by atoms with Gasteiger partial charge in [0.2, 0.25) is 0 Å². The maximum absolute atomic E-state index is 12.4. The molecule has 4 fully saturated rings. The van der Waals surface area contributed by atoms with E-state index in [9.17, 15) is 4.79 Å². The number of nitrogens with one attached hydrogen (secondary N) is 1. The van der Waals surface area contributed by atoms with Gasteiger partial charge in [0.05, 0.1) is 0 Å². The fourth-order valence-corrected chi connectivity index (χ4v) is 6.86. The third-order valence-electron chi connectivity index (χ3n) is 8.42. The smallest absolute Gasteiger partial charge is 0.410 e. The number of carbonyl (C=O) groups excluding carboxylic acids is 1. The minimum Gasteiger partial charge on any atom is -0.444 e. The largest absolute Gasteiger partial charge is 0.444 e. The molecule has 200 valence electrons. The zero-order valence-corrected chi connectivity index (χ0v) is 23.8. The Morgan fingerprint density at radius 2 is 1.21 bits per heavy atom. The number of halogens is 1. The summed E-state index contributed by atoms with van der Waals surface area (Å²) in [5.74, 6) is 0. The Labute approximate surface area is 215 Å². The van der Waals surface area contributed by atoms with Crippen molar-refractivity contribution in [1.82, 2.24) is 20.0 Å². The van der Waals surface area contributed by atoms with E-state index in [-0.39, 0.29) is 18.5 Å². The van der Waals surface area contributed by atoms with Crippen LogP contribution in [0.3, 0.4) is 0 Å². The second kappa shape index (κ2) is 13.1. The summed E-state index contributed by atoms with van der Waals surface area (Å²) in [5, 5.41) is 3.70. The number of piperidine rings is 2. The molecule has 0 radical (unpaired) electrons. The van der Waals surface area contributed by atoms with Crippen LogP contribution in [0.15, 0.2) is 0 Å². The molecule has 4 aliphatic rings. The van der Waals surface area contributed by atoms with E-state index < -0.39 is 5.60 Å². The number of nitrogens with zero attached hydrogens (tertiary/aromatic N) is 3. The molecule has 0 aromatic carbocycles. The van der Waals surface area contributed by atoms with Crippen molar-refractivity contribution < 1.29 is 9.53 Å². The normalized spacial score (nSPS) is 32.3. The van der Waals surface area contributed by atoms with Crippen LogP contribution in [0, 0.1) is 0 Å². The highest BCUT2D eigenvalue weighted by atomic mass is 35.5. The average molecular weight is 501 g/mol. The number of rotatable bonds is 6. The summed E-state index contributed by atoms with van der Waals surface area (Å²) in [6.07, 6.45) is 10.0. The van der Waals surface area contributed by atoms with Crippen LogP contribution in [0.4, 0.5) is 4.79 Å². The van der Waals surface area contributed by atoms with Crippen LogP contribution in [-0.2, 0) is 4.74 Å². The monoisotopic (exact) mass is 500 g/mol. The summed E-state index contributed by atoms with van der Waals surface area (Å²) >= 11 is 0. The molecule has 1 amide bonds. The van der Waals surface area contributed by atoms with Crippen LogP contribution in [0.5, 0.6) is 0 Å². The van der Waals surface area contributed by atoms with E-state index in [4.69, 9.17) is 4.74 Å². The number of ether oxygens (including phenoxy) is 1. The van der Waals surface area contributed by atoms with Crippen molar-refractivity contribution in [3.05, 3.63) is 0 Å². The van der Waals surface area contributed by atoms with Gasteiger partial charge in [-0.3, -0.25) is 0 Å². The lowest BCUT2D eigenvalue weighted by molar-refractivity contribution is -0.00337. The van der Waals surface area contributed by atoms with E-state index in [0.717, 1.165) is 56.9 Å². The Balaban J connectivity index is 0.000000253. The lowest BCUT2D eigenvalue weighted by atomic mass is 9.96. The van der Waals surface area contributed by atoms with Gasteiger partial charge in [-0.15, -0.1) is 12.4 Å². The van der Waals surface area contributed by atoms with Crippen molar-refractivity contribution in [3.63, 3.8) is 0 Å². The first-order valence-corrected chi connectivity index (χ1v) is 13.9. The predicted octanol–water partition coefficient (Wildman–Crippen LogP) is 5.29. The molecule has 4 aliphatic heterocycles. The number of fused-ring (bicyclic) bond motifs is 4. The van der Waals surface area contributed by atoms with Gasteiger partial charge >= 0.3 is 6.09 Å². The first kappa shape index (κ1) is 29.7. The summed E-state index contributed by atoms with van der Waals surface area (Å²) in [6, 6.07) is 3.95. The molecule has 1 N–H and O–H groups in total. The van der Waals surface area contributed by atoms with Crippen molar-refractivity contribution in [1.29, 1.82) is 0 Å². The Morgan fingerprint density at radius 1 is 0.794 bits per heavy atom. The number of hydrogen-bond donors (Lipinski definition) is 1. The van der Waals surface area contributed by atoms with E-state index in [1.165, 1.54) is 38.8 Å². The Hall–Kier alpha value is -0.560. The second-order valence-electron chi connectivity index (χ2n) is 11.6. The third kappa shape index (κ3) is 7.47. The zero-order chi connectivity index (χ0) is 24.2. The van der Waals surface area contributed by atoms with E-state index in [1.54, 1.807) is 0 Å². The first-order chi connectivity index (χ1) is 15.7. The maximum atomic E-state index is 12.4. The molecule has 4 unspecified atom stereocenters. The minimum atomic E-state index is -0.397. The molecule has 4 heterocycles. The zero-order valence-electron chi connectivity index (χ0n) is 23.0. The Morgan fingerprint density at radius 3 is 1.59 bits per heavy atom. The highest BCUT2D eigenvalue weighted by Crippen LogP contribution is 2.38. The molecule has 34 heavy (non-hydrogen) atoms. The second-order valence-corrected chi connectivity index (χ2v) is 11.6. The summed E-state index contributed by atoms with van der Waals surface area (Å²) < 4.78 is 5.58. The van der Waals surface area contributed by atoms with Gasteiger partial charge in [-0.05, 0) is 98.3 Å². The molecule has 0 saturated carbocycles. The molecular weight excluding hydrogens is 448 g/mol. The fourth-order valence-electron chi connectivity index (χ4n) is 6.86. The minimum absolute atomic E-state index is 0. The quantitative estimate of drug-likeness (QED) is 0.536. The van der Waals surface area contributed by atoms with Crippen molar-refractivity contribution >= 4 is 18.5 Å². The number of carbonyl (C=O) groups is 1. The summed E-state index contributed by atoms with van der Waals surface area (Å²) in [6.45, 7) is 19.5. The first-order valence-electron chi connectivity index (χ1n) is 13.9. The molecule has 6 nitrogen and oxygen atoms in total. The molecule has 4 saturated heterocycles. The predicted molar refractivity (Wildman–Crippen MR) is 144 cm³/mol. The van der Waals surface area contributed by atoms with Crippen molar-refractivity contribution in [2.45, 2.75) is 142 Å². The van der Waals surface area contributed by atoms with Gasteiger partial charge in [0.15, 0.2) is 0 Å². The summed E-state index contributed by atoms with van der Waals surface area (Å²) in [5.41, 5.74) is -0.397. The van der Waals surface area contributed by atoms with Crippen LogP contribution in [0.1, 0.15) is 99.8 Å². The van der Waals surface area contributed by atoms with Crippen LogP contribution >= 0.6 is 12.4 Å². The highest BCUT2D eigenvalue weighted by Gasteiger charge is 2.45. The van der Waals surface area contributed by atoms with Gasteiger partial charge < -0.3 is 24.8 Å². The highest BCUT2D eigenvalue weighted by molar-refractivity contribution is 5.85. The van der Waals surface area contributed by atoms with Gasteiger partial charge in [0, 0.05) is 36.3 Å². The average Bonchev–Trinajstić information content (AvgIpc) is 3.24. The van der Waals surface area contributed by atoms with Crippen molar-refractivity contribution in [2.75, 3.05) is 26.2 Å². The number of hydrogen-bond acceptors (Lipinski definition) is 5. The molecule has 4 rings (SSSR count). The van der Waals surface area contributed by atoms with Gasteiger partial charge in [0.25, 0.3) is 0 Å². The van der Waals surface area contributed by atoms with E-state index in [0.29, 0.717) is 18.1 Å². The molecule has 4 bridgehead atoms. The lowest BCUT2D eigenvalue weighted by Crippen LogP contribution is -2.53. The van der Waals surface area contributed by atoms with Crippen molar-refractivity contribution in [3.8, 4) is 0 Å². The van der Waals surface area contributed by atoms with Gasteiger partial charge in [-0.25, -0.2) is 4.79 Å². The number of amides is 1. The topological polar surface area (TPSA) is 48.0 Å². The maximum Gasteiger partial charge on any atom is 0.410 e. The van der Waals surface area contributed by atoms with Crippen LogP contribution < -0.4 is 5.32 Å². The molecular formula is C27H53ClN4O2. The Kier molecular flexibility index (Phi) is 11.4. The van der Waals surface area contributed by atoms with E-state index in [1.807, 2.05) is 25.7 Å². The lowest BCUT2D eigenvalue weighted by Gasteiger charge is -2.43. The van der Waals surface area contributed by atoms with Crippen LogP contribution in [0.2, 0.25) is 0 Å². The fraction of sp³-hybridized carbons (Fsp3) is 0.963. The third-order valence-corrected chi connectivity index (χ3v) is 8.42. The molecule has 0 aliphatic carbocycles. The molecule has 7 heteroatoms. The van der Waals surface area contributed by atoms with E-state index >= 15 is 0 Å². The van der Waals surface area contributed by atoms with E-state index in [2.05, 4.69) is 42.8 Å². The molecule has 0 aromatic rings. The Bertz CT molecular complexity index is 594. The summed E-state index contributed by atoms with van der Waals surface area (Å²) in [7, 11) is 0. The molecule has 4 atom stereocenters. The summed E-state index contributed by atoms with van der Waals surface area (Å²) in [4.78, 5) is 19.6. The van der Waals surface area contributed by atoms with Crippen LogP contribution in [0.25, 0.3) is 0 Å². The SMILES string of the molecule is CCN(CC)C1CC2CCC(C1)N2.CCN(CC)C1CC2CCC(C1)N2C(=O)OC(C)(C)C.Cl. The standard InChI is InChI=1S/C16H30N2O2.C11H22N2.ClH/c1-6-17(7-2)14-10-12-8-9-13(11-14)18(12)15(19)20-16(3,4)5;1-3-13(4-2)11-7-9-5-6-10(8-11)12-9;/h12-14H,6-11H2,1-5H3;9-12H,3-8H2,1-2H3;1H. The molecule has 0 spiro atoms.